The summed E-state index contributed by atoms with van der Waals surface area (Å²) in [7, 11) is -4.37. The van der Waals surface area contributed by atoms with Gasteiger partial charge in [0, 0.05) is 0 Å². The maximum atomic E-state index is 11.7. The molecule has 0 saturated carbocycles. The minimum atomic E-state index is -4.79. The van der Waals surface area contributed by atoms with E-state index in [1.165, 1.54) is 0 Å². The van der Waals surface area contributed by atoms with Crippen molar-refractivity contribution in [3.8, 4) is 0 Å². The van der Waals surface area contributed by atoms with Crippen LogP contribution in [0, 0.1) is 0 Å². The van der Waals surface area contributed by atoms with Gasteiger partial charge in [-0.1, -0.05) is 0 Å². The van der Waals surface area contributed by atoms with Gasteiger partial charge in [0.05, 0.1) is 5.25 Å². The van der Waals surface area contributed by atoms with Crippen LogP contribution in [0.25, 0.3) is 0 Å². The minimum absolute atomic E-state index is 0.904. The highest BCUT2D eigenvalue weighted by Gasteiger charge is 2.37. The monoisotopic (exact) mass is 208 g/mol. The van der Waals surface area contributed by atoms with Gasteiger partial charge in [0.25, 0.3) is 0 Å². The Labute approximate surface area is 67.5 Å². The molecule has 0 spiro atoms. The van der Waals surface area contributed by atoms with Crippen LogP contribution in [0.3, 0.4) is 0 Å². The Kier molecular flexibility index (Phi) is 3.49. The molecule has 0 saturated heterocycles. The standard InChI is InChI=1S/C5H8F4O2S/c1-4(2-6)12(10,11)3-5(7,8)9/h4H,2-3H2,1H3. The lowest BCUT2D eigenvalue weighted by Gasteiger charge is -2.10. The first-order chi connectivity index (χ1) is 5.19. The van der Waals surface area contributed by atoms with E-state index in [4.69, 9.17) is 0 Å². The molecule has 0 amide bonds. The van der Waals surface area contributed by atoms with Crippen molar-refractivity contribution in [1.29, 1.82) is 0 Å². The third-order valence-corrected chi connectivity index (χ3v) is 3.28. The zero-order valence-corrected chi connectivity index (χ0v) is 7.04. The summed E-state index contributed by atoms with van der Waals surface area (Å²) in [5.41, 5.74) is 0. The molecule has 0 aromatic rings. The Balaban J connectivity index is 4.45. The molecule has 0 aromatic carbocycles. The second kappa shape index (κ2) is 3.59. The number of hydrogen-bond acceptors (Lipinski definition) is 2. The number of halogens is 4. The second-order valence-electron chi connectivity index (χ2n) is 2.39. The summed E-state index contributed by atoms with van der Waals surface area (Å²) >= 11 is 0. The Morgan fingerprint density at radius 3 is 2.00 bits per heavy atom. The van der Waals surface area contributed by atoms with Crippen molar-refractivity contribution in [3.63, 3.8) is 0 Å². The molecule has 0 radical (unpaired) electrons. The highest BCUT2D eigenvalue weighted by atomic mass is 32.2. The summed E-state index contributed by atoms with van der Waals surface area (Å²) in [6, 6.07) is 0. The largest absolute Gasteiger partial charge is 0.402 e. The molecule has 12 heavy (non-hydrogen) atoms. The lowest BCUT2D eigenvalue weighted by Crippen LogP contribution is -2.31. The molecule has 1 unspecified atom stereocenters. The Morgan fingerprint density at radius 2 is 1.75 bits per heavy atom. The first-order valence-corrected chi connectivity index (χ1v) is 4.75. The van der Waals surface area contributed by atoms with Crippen LogP contribution in [0.15, 0.2) is 0 Å². The van der Waals surface area contributed by atoms with Crippen LogP contribution >= 0.6 is 0 Å². The van der Waals surface area contributed by atoms with Crippen molar-refractivity contribution in [3.05, 3.63) is 0 Å². The first kappa shape index (κ1) is 11.7. The van der Waals surface area contributed by atoms with Crippen LogP contribution in [0.1, 0.15) is 6.92 Å². The Morgan fingerprint density at radius 1 is 1.33 bits per heavy atom. The molecular weight excluding hydrogens is 200 g/mol. The fourth-order valence-electron chi connectivity index (χ4n) is 0.466. The highest BCUT2D eigenvalue weighted by Crippen LogP contribution is 2.19. The number of alkyl halides is 4. The predicted molar refractivity (Wildman–Crippen MR) is 35.3 cm³/mol. The molecule has 0 aliphatic carbocycles. The van der Waals surface area contributed by atoms with Gasteiger partial charge in [-0.15, -0.1) is 0 Å². The van der Waals surface area contributed by atoms with E-state index >= 15 is 0 Å². The lowest BCUT2D eigenvalue weighted by molar-refractivity contribution is -0.106. The molecule has 0 aliphatic heterocycles. The summed E-state index contributed by atoms with van der Waals surface area (Å²) in [6.07, 6.45) is -4.79. The summed E-state index contributed by atoms with van der Waals surface area (Å²) in [6.45, 7) is -0.389. The topological polar surface area (TPSA) is 34.1 Å². The molecule has 0 aromatic heterocycles. The smallest absolute Gasteiger partial charge is 0.250 e. The quantitative estimate of drug-likeness (QED) is 0.655. The van der Waals surface area contributed by atoms with Crippen LogP contribution in [0.4, 0.5) is 17.6 Å². The van der Waals surface area contributed by atoms with Crippen LogP contribution < -0.4 is 0 Å². The Bertz CT molecular complexity index is 230. The van der Waals surface area contributed by atoms with Gasteiger partial charge in [-0.3, -0.25) is 0 Å². The van der Waals surface area contributed by atoms with Crippen molar-refractivity contribution in [2.75, 3.05) is 12.4 Å². The third-order valence-electron chi connectivity index (χ3n) is 1.20. The summed E-state index contributed by atoms with van der Waals surface area (Å²) < 4.78 is 67.6. The van der Waals surface area contributed by atoms with E-state index in [1.807, 2.05) is 0 Å². The van der Waals surface area contributed by atoms with Gasteiger partial charge >= 0.3 is 6.18 Å². The van der Waals surface area contributed by atoms with Gasteiger partial charge in [0.2, 0.25) is 0 Å². The Hall–Kier alpha value is -0.330. The first-order valence-electron chi connectivity index (χ1n) is 3.03. The van der Waals surface area contributed by atoms with Gasteiger partial charge in [-0.2, -0.15) is 13.2 Å². The second-order valence-corrected chi connectivity index (χ2v) is 4.81. The fourth-order valence-corrected chi connectivity index (χ4v) is 1.40. The van der Waals surface area contributed by atoms with Crippen LogP contribution in [-0.2, 0) is 9.84 Å². The van der Waals surface area contributed by atoms with Crippen LogP contribution in [0.2, 0.25) is 0 Å². The van der Waals surface area contributed by atoms with E-state index in [0.717, 1.165) is 6.92 Å². The van der Waals surface area contributed by atoms with Crippen LogP contribution in [-0.4, -0.2) is 32.3 Å². The van der Waals surface area contributed by atoms with Gasteiger partial charge in [0.1, 0.15) is 12.4 Å². The fraction of sp³-hybridized carbons (Fsp3) is 1.00. The van der Waals surface area contributed by atoms with E-state index < -0.39 is 33.7 Å². The molecule has 1 atom stereocenters. The van der Waals surface area contributed by atoms with Gasteiger partial charge in [0.15, 0.2) is 9.84 Å². The summed E-state index contributed by atoms with van der Waals surface area (Å²) in [5, 5.41) is -1.58. The van der Waals surface area contributed by atoms with Gasteiger partial charge in [-0.05, 0) is 6.92 Å². The molecule has 0 rings (SSSR count). The third kappa shape index (κ3) is 3.89. The van der Waals surface area contributed by atoms with E-state index in [9.17, 15) is 26.0 Å². The molecular formula is C5H8F4O2S. The maximum absolute atomic E-state index is 11.7. The van der Waals surface area contributed by atoms with Gasteiger partial charge < -0.3 is 0 Å². The van der Waals surface area contributed by atoms with Crippen LogP contribution in [0.5, 0.6) is 0 Å². The number of rotatable bonds is 3. The normalized spacial score (nSPS) is 16.1. The van der Waals surface area contributed by atoms with Crippen molar-refractivity contribution < 1.29 is 26.0 Å². The van der Waals surface area contributed by atoms with Crippen molar-refractivity contribution in [2.45, 2.75) is 18.3 Å². The zero-order chi connectivity index (χ0) is 9.99. The molecule has 7 heteroatoms. The number of hydrogen-bond donors (Lipinski definition) is 0. The lowest BCUT2D eigenvalue weighted by atomic mass is 10.5. The SMILES string of the molecule is CC(CF)S(=O)(=O)CC(F)(F)F. The van der Waals surface area contributed by atoms with E-state index in [0.29, 0.717) is 0 Å². The van der Waals surface area contributed by atoms with Crippen molar-refractivity contribution in [2.24, 2.45) is 0 Å². The molecule has 0 heterocycles. The van der Waals surface area contributed by atoms with E-state index in [-0.39, 0.29) is 0 Å². The summed E-state index contributed by atoms with van der Waals surface area (Å²) in [4.78, 5) is 0. The minimum Gasteiger partial charge on any atom is -0.250 e. The molecule has 74 valence electrons. The molecule has 2 nitrogen and oxygen atoms in total. The van der Waals surface area contributed by atoms with E-state index in [1.54, 1.807) is 0 Å². The van der Waals surface area contributed by atoms with E-state index in [2.05, 4.69) is 0 Å². The average Bonchev–Trinajstić information content (AvgIpc) is 1.80. The van der Waals surface area contributed by atoms with Gasteiger partial charge in [-0.25, -0.2) is 12.8 Å². The molecule has 0 aliphatic rings. The number of sulfone groups is 1. The zero-order valence-electron chi connectivity index (χ0n) is 6.23. The van der Waals surface area contributed by atoms with Crippen molar-refractivity contribution in [1.82, 2.24) is 0 Å². The predicted octanol–water partition coefficient (Wildman–Crippen LogP) is 1.32. The molecule has 0 bridgehead atoms. The average molecular weight is 208 g/mol. The maximum Gasteiger partial charge on any atom is 0.402 e. The molecule has 0 N–H and O–H groups in total. The molecule has 0 fully saturated rings. The van der Waals surface area contributed by atoms with Crippen molar-refractivity contribution >= 4 is 9.84 Å². The highest BCUT2D eigenvalue weighted by molar-refractivity contribution is 7.92. The summed E-state index contributed by atoms with van der Waals surface area (Å²) in [5.74, 6) is -1.95.